The summed E-state index contributed by atoms with van der Waals surface area (Å²) in [6.45, 7) is 1.01. The summed E-state index contributed by atoms with van der Waals surface area (Å²) in [4.78, 5) is 25.8. The summed E-state index contributed by atoms with van der Waals surface area (Å²) in [5.41, 5.74) is 0.506. The number of benzene rings is 1. The Morgan fingerprint density at radius 3 is 2.76 bits per heavy atom. The number of likely N-dealkylation sites (tertiary alicyclic amines) is 1. The molecule has 3 rings (SSSR count). The van der Waals surface area contributed by atoms with Crippen LogP contribution in [-0.2, 0) is 4.79 Å². The molecule has 0 radical (unpaired) electrons. The number of carbonyl (C=O) groups excluding carboxylic acids is 2. The highest BCUT2D eigenvalue weighted by atomic mass is 19.1. The van der Waals surface area contributed by atoms with E-state index in [9.17, 15) is 14.0 Å². The van der Waals surface area contributed by atoms with Gasteiger partial charge in [0, 0.05) is 30.9 Å². The Kier molecular flexibility index (Phi) is 5.13. The number of nitrogens with one attached hydrogen (secondary N) is 2. The summed E-state index contributed by atoms with van der Waals surface area (Å²) in [6.07, 6.45) is 5.29. The molecule has 25 heavy (non-hydrogen) atoms. The number of halogens is 1. The molecule has 1 fully saturated rings. The number of rotatable bonds is 4. The number of furan rings is 1. The van der Waals surface area contributed by atoms with Crippen molar-refractivity contribution in [2.24, 2.45) is 0 Å². The maximum atomic E-state index is 12.8. The number of urea groups is 1. The molecule has 0 saturated carbocycles. The molecule has 1 aliphatic rings. The minimum atomic E-state index is -0.378. The van der Waals surface area contributed by atoms with Crippen LogP contribution in [0.5, 0.6) is 0 Å². The molecular formula is C18H18FN3O3. The zero-order valence-electron chi connectivity index (χ0n) is 13.4. The molecule has 0 aliphatic carbocycles. The highest BCUT2D eigenvalue weighted by Gasteiger charge is 2.26. The van der Waals surface area contributed by atoms with Gasteiger partial charge in [-0.15, -0.1) is 0 Å². The van der Waals surface area contributed by atoms with Gasteiger partial charge < -0.3 is 20.0 Å². The van der Waals surface area contributed by atoms with Gasteiger partial charge in [0.05, 0.1) is 6.26 Å². The van der Waals surface area contributed by atoms with Crippen molar-refractivity contribution in [1.29, 1.82) is 0 Å². The fourth-order valence-electron chi connectivity index (χ4n) is 2.61. The Labute approximate surface area is 144 Å². The van der Waals surface area contributed by atoms with Crippen LogP contribution in [0.2, 0.25) is 0 Å². The smallest absolute Gasteiger partial charge is 0.319 e. The van der Waals surface area contributed by atoms with Crippen molar-refractivity contribution in [2.75, 3.05) is 18.4 Å². The minimum Gasteiger partial charge on any atom is -0.465 e. The van der Waals surface area contributed by atoms with Crippen molar-refractivity contribution >= 4 is 23.7 Å². The molecule has 3 amide bonds. The van der Waals surface area contributed by atoms with Gasteiger partial charge in [0.25, 0.3) is 0 Å². The fraction of sp³-hybridized carbons (Fsp3) is 0.222. The first-order valence-corrected chi connectivity index (χ1v) is 7.94. The molecule has 1 aromatic heterocycles. The van der Waals surface area contributed by atoms with Gasteiger partial charge in [0.1, 0.15) is 11.6 Å². The number of nitrogens with zero attached hydrogens (tertiary/aromatic N) is 1. The first-order chi connectivity index (χ1) is 12.1. The third kappa shape index (κ3) is 4.69. The SMILES string of the molecule is O=C(Nc1ccc(F)cc1)N[C@@H]1CCN(C(=O)/C=C\c2ccco2)C1. The number of carbonyl (C=O) groups is 2. The molecule has 7 heteroatoms. The molecule has 0 bridgehead atoms. The van der Waals surface area contributed by atoms with Gasteiger partial charge in [0.2, 0.25) is 5.91 Å². The summed E-state index contributed by atoms with van der Waals surface area (Å²) >= 11 is 0. The standard InChI is InChI=1S/C18H18FN3O3/c19-13-3-5-14(6-4-13)20-18(24)21-15-9-10-22(12-15)17(23)8-7-16-2-1-11-25-16/h1-8,11,15H,9-10,12H2,(H2,20,21,24)/b8-7-/t15-/m1/s1. The van der Waals surface area contributed by atoms with Crippen LogP contribution in [0.3, 0.4) is 0 Å². The van der Waals surface area contributed by atoms with Crippen LogP contribution < -0.4 is 10.6 Å². The van der Waals surface area contributed by atoms with E-state index in [0.29, 0.717) is 31.0 Å². The molecular weight excluding hydrogens is 325 g/mol. The third-order valence-corrected chi connectivity index (χ3v) is 3.87. The Bertz CT molecular complexity index is 756. The van der Waals surface area contributed by atoms with Gasteiger partial charge in [-0.25, -0.2) is 9.18 Å². The Balaban J connectivity index is 1.46. The maximum Gasteiger partial charge on any atom is 0.319 e. The van der Waals surface area contributed by atoms with Crippen molar-refractivity contribution in [2.45, 2.75) is 12.5 Å². The fourth-order valence-corrected chi connectivity index (χ4v) is 2.61. The topological polar surface area (TPSA) is 74.6 Å². The first kappa shape index (κ1) is 16.8. The largest absolute Gasteiger partial charge is 0.465 e. The number of anilines is 1. The van der Waals surface area contributed by atoms with Crippen molar-refractivity contribution < 1.29 is 18.4 Å². The highest BCUT2D eigenvalue weighted by Crippen LogP contribution is 2.12. The molecule has 0 spiro atoms. The van der Waals surface area contributed by atoms with Gasteiger partial charge in [-0.2, -0.15) is 0 Å². The Hall–Kier alpha value is -3.09. The van der Waals surface area contributed by atoms with Crippen LogP contribution in [-0.4, -0.2) is 36.0 Å². The monoisotopic (exact) mass is 343 g/mol. The molecule has 130 valence electrons. The average molecular weight is 343 g/mol. The minimum absolute atomic E-state index is 0.124. The molecule has 1 saturated heterocycles. The second-order valence-corrected chi connectivity index (χ2v) is 5.72. The molecule has 1 aliphatic heterocycles. The van der Waals surface area contributed by atoms with E-state index in [1.807, 2.05) is 0 Å². The normalized spacial score (nSPS) is 17.0. The lowest BCUT2D eigenvalue weighted by molar-refractivity contribution is -0.125. The van der Waals surface area contributed by atoms with Crippen LogP contribution in [0.4, 0.5) is 14.9 Å². The lowest BCUT2D eigenvalue weighted by Gasteiger charge is -2.16. The quantitative estimate of drug-likeness (QED) is 0.838. The van der Waals surface area contributed by atoms with E-state index < -0.39 is 0 Å². The number of hydrogen-bond donors (Lipinski definition) is 2. The lowest BCUT2D eigenvalue weighted by Crippen LogP contribution is -2.40. The molecule has 6 nitrogen and oxygen atoms in total. The molecule has 2 aromatic rings. The molecule has 1 atom stereocenters. The van der Waals surface area contributed by atoms with Crippen molar-refractivity contribution in [1.82, 2.24) is 10.2 Å². The van der Waals surface area contributed by atoms with E-state index >= 15 is 0 Å². The summed E-state index contributed by atoms with van der Waals surface area (Å²) in [5.74, 6) is 0.124. The summed E-state index contributed by atoms with van der Waals surface area (Å²) < 4.78 is 18.0. The number of hydrogen-bond acceptors (Lipinski definition) is 3. The van der Waals surface area contributed by atoms with E-state index in [1.165, 1.54) is 30.3 Å². The number of amides is 3. The first-order valence-electron chi connectivity index (χ1n) is 7.94. The summed E-state index contributed by atoms with van der Waals surface area (Å²) in [5, 5.41) is 5.45. The third-order valence-electron chi connectivity index (χ3n) is 3.87. The van der Waals surface area contributed by atoms with Crippen molar-refractivity contribution in [3.63, 3.8) is 0 Å². The van der Waals surface area contributed by atoms with Crippen LogP contribution in [0.15, 0.2) is 53.2 Å². The molecule has 1 aromatic carbocycles. The van der Waals surface area contributed by atoms with Crippen molar-refractivity contribution in [3.8, 4) is 0 Å². The summed E-state index contributed by atoms with van der Waals surface area (Å²) in [6, 6.07) is 8.53. The van der Waals surface area contributed by atoms with E-state index in [0.717, 1.165) is 0 Å². The Morgan fingerprint density at radius 1 is 1.24 bits per heavy atom. The highest BCUT2D eigenvalue weighted by molar-refractivity contribution is 5.92. The predicted molar refractivity (Wildman–Crippen MR) is 91.3 cm³/mol. The van der Waals surface area contributed by atoms with E-state index in [4.69, 9.17) is 4.42 Å². The second kappa shape index (κ2) is 7.65. The Morgan fingerprint density at radius 2 is 2.04 bits per heavy atom. The lowest BCUT2D eigenvalue weighted by atomic mass is 10.3. The van der Waals surface area contributed by atoms with E-state index in [2.05, 4.69) is 10.6 Å². The van der Waals surface area contributed by atoms with Crippen LogP contribution in [0.25, 0.3) is 6.08 Å². The average Bonchev–Trinajstić information content (AvgIpc) is 3.26. The van der Waals surface area contributed by atoms with E-state index in [1.54, 1.807) is 29.4 Å². The van der Waals surface area contributed by atoms with E-state index in [-0.39, 0.29) is 23.8 Å². The molecule has 2 N–H and O–H groups in total. The second-order valence-electron chi connectivity index (χ2n) is 5.72. The molecule has 0 unspecified atom stereocenters. The van der Waals surface area contributed by atoms with Gasteiger partial charge in [-0.3, -0.25) is 4.79 Å². The van der Waals surface area contributed by atoms with Gasteiger partial charge >= 0.3 is 6.03 Å². The van der Waals surface area contributed by atoms with Gasteiger partial charge in [-0.05, 0) is 48.9 Å². The van der Waals surface area contributed by atoms with Gasteiger partial charge in [0.15, 0.2) is 0 Å². The maximum absolute atomic E-state index is 12.8. The van der Waals surface area contributed by atoms with Crippen LogP contribution >= 0.6 is 0 Å². The zero-order chi connectivity index (χ0) is 17.6. The van der Waals surface area contributed by atoms with Crippen LogP contribution in [0.1, 0.15) is 12.2 Å². The van der Waals surface area contributed by atoms with Crippen LogP contribution in [0, 0.1) is 5.82 Å². The predicted octanol–water partition coefficient (Wildman–Crippen LogP) is 2.85. The van der Waals surface area contributed by atoms with Gasteiger partial charge in [-0.1, -0.05) is 0 Å². The molecule has 2 heterocycles. The summed E-state index contributed by atoms with van der Waals surface area (Å²) in [7, 11) is 0. The van der Waals surface area contributed by atoms with Crippen molar-refractivity contribution in [3.05, 3.63) is 60.3 Å². The zero-order valence-corrected chi connectivity index (χ0v) is 13.4.